The molecule has 2 heterocycles. The van der Waals surface area contributed by atoms with Crippen molar-refractivity contribution in [2.45, 2.75) is 32.2 Å². The van der Waals surface area contributed by atoms with Crippen LogP contribution in [0.15, 0.2) is 12.3 Å². The minimum absolute atomic E-state index is 0. The average molecular weight is 323 g/mol. The fraction of sp³-hybridized carbons (Fsp3) is 0.692. The van der Waals surface area contributed by atoms with Crippen LogP contribution in [0.5, 0.6) is 0 Å². The van der Waals surface area contributed by atoms with Crippen LogP contribution in [-0.4, -0.2) is 41.1 Å². The summed E-state index contributed by atoms with van der Waals surface area (Å²) in [4.78, 5) is 13.8. The van der Waals surface area contributed by atoms with Gasteiger partial charge in [-0.3, -0.25) is 9.89 Å². The molecule has 0 bridgehead atoms. The number of hydrogen-bond acceptors (Lipinski definition) is 3. The van der Waals surface area contributed by atoms with Crippen LogP contribution in [0.3, 0.4) is 0 Å². The van der Waals surface area contributed by atoms with Crippen LogP contribution in [0.25, 0.3) is 0 Å². The average Bonchev–Trinajstić information content (AvgIpc) is 2.90. The van der Waals surface area contributed by atoms with E-state index in [9.17, 15) is 4.79 Å². The molecule has 1 aliphatic heterocycles. The number of piperidine rings is 1. The zero-order chi connectivity index (χ0) is 12.8. The number of carbonyl (C=O) groups is 1. The maximum absolute atomic E-state index is 12.0. The lowest BCUT2D eigenvalue weighted by Crippen LogP contribution is -2.30. The minimum atomic E-state index is 0. The number of H-pyrrole nitrogens is 1. The molecular formula is C13H24Cl2N4O. The number of aromatic amines is 1. The van der Waals surface area contributed by atoms with Gasteiger partial charge in [-0.15, -0.1) is 24.8 Å². The number of amides is 1. The molecule has 0 atom stereocenters. The molecule has 20 heavy (non-hydrogen) atoms. The molecule has 0 saturated carbocycles. The van der Waals surface area contributed by atoms with E-state index in [2.05, 4.69) is 15.5 Å². The first-order chi connectivity index (χ1) is 8.75. The number of halogens is 2. The highest BCUT2D eigenvalue weighted by Crippen LogP contribution is 2.18. The first-order valence-corrected chi connectivity index (χ1v) is 6.68. The van der Waals surface area contributed by atoms with Gasteiger partial charge in [0.25, 0.3) is 0 Å². The van der Waals surface area contributed by atoms with E-state index in [4.69, 9.17) is 0 Å². The van der Waals surface area contributed by atoms with Crippen LogP contribution >= 0.6 is 24.8 Å². The number of carbonyl (C=O) groups excluding carboxylic acids is 1. The smallest absolute Gasteiger partial charge is 0.222 e. The third-order valence-corrected chi connectivity index (χ3v) is 3.62. The molecule has 116 valence electrons. The van der Waals surface area contributed by atoms with Crippen LogP contribution in [0.2, 0.25) is 0 Å². The predicted molar refractivity (Wildman–Crippen MR) is 84.4 cm³/mol. The van der Waals surface area contributed by atoms with E-state index in [0.29, 0.717) is 13.0 Å². The number of aromatic nitrogens is 2. The Morgan fingerprint density at radius 2 is 2.10 bits per heavy atom. The Morgan fingerprint density at radius 1 is 1.40 bits per heavy atom. The van der Waals surface area contributed by atoms with E-state index in [-0.39, 0.29) is 30.7 Å². The molecule has 0 spiro atoms. The summed E-state index contributed by atoms with van der Waals surface area (Å²) in [5, 5.41) is 10.1. The lowest BCUT2D eigenvalue weighted by Gasteiger charge is -2.23. The van der Waals surface area contributed by atoms with Crippen molar-refractivity contribution in [1.29, 1.82) is 0 Å². The molecule has 0 aliphatic carbocycles. The number of rotatable bonds is 5. The van der Waals surface area contributed by atoms with E-state index in [1.807, 2.05) is 13.1 Å². The van der Waals surface area contributed by atoms with Gasteiger partial charge in [0.2, 0.25) is 5.91 Å². The van der Waals surface area contributed by atoms with Gasteiger partial charge in [0.15, 0.2) is 0 Å². The van der Waals surface area contributed by atoms with E-state index in [1.54, 1.807) is 11.1 Å². The molecular weight excluding hydrogens is 299 g/mol. The maximum Gasteiger partial charge on any atom is 0.222 e. The molecule has 0 aromatic carbocycles. The first kappa shape index (κ1) is 19.2. The zero-order valence-electron chi connectivity index (χ0n) is 11.8. The molecule has 0 radical (unpaired) electrons. The Hall–Kier alpha value is -0.780. The molecule has 2 rings (SSSR count). The molecule has 1 aromatic heterocycles. The molecule has 7 heteroatoms. The fourth-order valence-corrected chi connectivity index (χ4v) is 2.41. The van der Waals surface area contributed by atoms with Crippen molar-refractivity contribution in [3.8, 4) is 0 Å². The van der Waals surface area contributed by atoms with Crippen molar-refractivity contribution >= 4 is 30.7 Å². The molecule has 1 aliphatic rings. The van der Waals surface area contributed by atoms with Gasteiger partial charge in [-0.05, 0) is 44.3 Å². The number of hydrogen-bond donors (Lipinski definition) is 2. The lowest BCUT2D eigenvalue weighted by atomic mass is 9.93. The summed E-state index contributed by atoms with van der Waals surface area (Å²) < 4.78 is 0. The third-order valence-electron chi connectivity index (χ3n) is 3.62. The number of nitrogens with one attached hydrogen (secondary N) is 2. The Kier molecular flexibility index (Phi) is 9.63. The second-order valence-electron chi connectivity index (χ2n) is 5.06. The van der Waals surface area contributed by atoms with Crippen molar-refractivity contribution < 1.29 is 4.79 Å². The van der Waals surface area contributed by atoms with Gasteiger partial charge in [0.05, 0.1) is 12.2 Å². The largest absolute Gasteiger partial charge is 0.340 e. The van der Waals surface area contributed by atoms with Crippen LogP contribution in [0.1, 0.15) is 31.4 Å². The highest BCUT2D eigenvalue weighted by Gasteiger charge is 2.16. The lowest BCUT2D eigenvalue weighted by molar-refractivity contribution is -0.130. The van der Waals surface area contributed by atoms with Crippen LogP contribution < -0.4 is 5.32 Å². The van der Waals surface area contributed by atoms with Crippen LogP contribution in [-0.2, 0) is 11.3 Å². The van der Waals surface area contributed by atoms with Crippen molar-refractivity contribution in [1.82, 2.24) is 20.4 Å². The van der Waals surface area contributed by atoms with Crippen molar-refractivity contribution in [2.24, 2.45) is 5.92 Å². The summed E-state index contributed by atoms with van der Waals surface area (Å²) in [5.41, 5.74) is 0.979. The minimum Gasteiger partial charge on any atom is -0.340 e. The molecule has 1 saturated heterocycles. The van der Waals surface area contributed by atoms with Gasteiger partial charge in [-0.2, -0.15) is 5.10 Å². The predicted octanol–water partition coefficient (Wildman–Crippen LogP) is 1.99. The molecule has 1 fully saturated rings. The second kappa shape index (κ2) is 10.0. The van der Waals surface area contributed by atoms with Crippen LogP contribution in [0, 0.1) is 5.92 Å². The van der Waals surface area contributed by atoms with Gasteiger partial charge < -0.3 is 10.2 Å². The highest BCUT2D eigenvalue weighted by atomic mass is 35.5. The monoisotopic (exact) mass is 322 g/mol. The maximum atomic E-state index is 12.0. The Bertz CT molecular complexity index is 366. The first-order valence-electron chi connectivity index (χ1n) is 6.68. The Morgan fingerprint density at radius 3 is 2.70 bits per heavy atom. The van der Waals surface area contributed by atoms with Gasteiger partial charge in [-0.25, -0.2) is 0 Å². The fourth-order valence-electron chi connectivity index (χ4n) is 2.41. The summed E-state index contributed by atoms with van der Waals surface area (Å²) in [5.74, 6) is 0.943. The van der Waals surface area contributed by atoms with E-state index < -0.39 is 0 Å². The normalized spacial score (nSPS) is 15.1. The van der Waals surface area contributed by atoms with E-state index in [1.165, 1.54) is 12.8 Å². The summed E-state index contributed by atoms with van der Waals surface area (Å²) in [7, 11) is 1.85. The Balaban J connectivity index is 0.00000180. The topological polar surface area (TPSA) is 61.0 Å². The van der Waals surface area contributed by atoms with Gasteiger partial charge >= 0.3 is 0 Å². The summed E-state index contributed by atoms with van der Waals surface area (Å²) in [6, 6.07) is 1.90. The second-order valence-corrected chi connectivity index (χ2v) is 5.06. The number of nitrogens with zero attached hydrogens (tertiary/aromatic N) is 2. The molecule has 2 N–H and O–H groups in total. The summed E-state index contributed by atoms with van der Waals surface area (Å²) >= 11 is 0. The van der Waals surface area contributed by atoms with Crippen LogP contribution in [0.4, 0.5) is 0 Å². The molecule has 5 nitrogen and oxygen atoms in total. The van der Waals surface area contributed by atoms with Gasteiger partial charge in [0, 0.05) is 19.7 Å². The summed E-state index contributed by atoms with van der Waals surface area (Å²) in [6.07, 6.45) is 5.81. The van der Waals surface area contributed by atoms with Crippen molar-refractivity contribution in [2.75, 3.05) is 20.1 Å². The Labute approximate surface area is 132 Å². The standard InChI is InChI=1S/C13H22N4O.2ClH/c1-17(10-12-6-9-15-16-12)13(18)3-2-11-4-7-14-8-5-11;;/h6,9,11,14H,2-5,7-8,10H2,1H3,(H,15,16);2*1H. The highest BCUT2D eigenvalue weighted by molar-refractivity contribution is 5.85. The van der Waals surface area contributed by atoms with Crippen molar-refractivity contribution in [3.63, 3.8) is 0 Å². The van der Waals surface area contributed by atoms with E-state index in [0.717, 1.165) is 31.1 Å². The molecule has 0 unspecified atom stereocenters. The van der Waals surface area contributed by atoms with Gasteiger partial charge in [-0.1, -0.05) is 0 Å². The van der Waals surface area contributed by atoms with Crippen molar-refractivity contribution in [3.05, 3.63) is 18.0 Å². The molecule has 1 aromatic rings. The van der Waals surface area contributed by atoms with E-state index >= 15 is 0 Å². The molecule has 1 amide bonds. The zero-order valence-corrected chi connectivity index (χ0v) is 13.4. The van der Waals surface area contributed by atoms with Gasteiger partial charge in [0.1, 0.15) is 0 Å². The quantitative estimate of drug-likeness (QED) is 0.871. The summed E-state index contributed by atoms with van der Waals surface area (Å²) in [6.45, 7) is 2.82. The third kappa shape index (κ3) is 6.11. The SMILES string of the molecule is CN(Cc1ccn[nH]1)C(=O)CCC1CCNCC1.Cl.Cl.